The number of methoxy groups -OCH3 is 2. The van der Waals surface area contributed by atoms with Gasteiger partial charge in [-0.05, 0) is 36.6 Å². The van der Waals surface area contributed by atoms with Gasteiger partial charge >= 0.3 is 0 Å². The Kier molecular flexibility index (Phi) is 9.59. The van der Waals surface area contributed by atoms with Crippen LogP contribution in [0.25, 0.3) is 0 Å². The molecule has 1 aromatic heterocycles. The molecule has 190 valence electrons. The largest absolute Gasteiger partial charge is 0.491 e. The lowest BCUT2D eigenvalue weighted by Crippen LogP contribution is -2.46. The number of fused-ring (bicyclic) bond motifs is 1. The van der Waals surface area contributed by atoms with Crippen molar-refractivity contribution in [2.75, 3.05) is 52.9 Å². The molecule has 3 atom stereocenters. The number of ether oxygens (including phenoxy) is 3. The van der Waals surface area contributed by atoms with Gasteiger partial charge < -0.3 is 24.4 Å². The van der Waals surface area contributed by atoms with Crippen molar-refractivity contribution >= 4 is 17.5 Å². The number of nitrogens with zero attached hydrogens (tertiary/aromatic N) is 3. The number of likely N-dealkylation sites (N-methyl/N-ethyl adjacent to an activating group) is 1. The second-order valence-corrected chi connectivity index (χ2v) is 9.08. The number of carbonyl (C=O) groups is 2. The summed E-state index contributed by atoms with van der Waals surface area (Å²) in [5, 5.41) is 2.77. The van der Waals surface area contributed by atoms with Crippen molar-refractivity contribution in [3.05, 3.63) is 53.9 Å². The summed E-state index contributed by atoms with van der Waals surface area (Å²) in [5.74, 6) is 0.154. The van der Waals surface area contributed by atoms with E-state index in [2.05, 4.69) is 35.1 Å². The number of nitrogens with one attached hydrogen (secondary N) is 1. The summed E-state index contributed by atoms with van der Waals surface area (Å²) < 4.78 is 16.9. The van der Waals surface area contributed by atoms with E-state index in [1.165, 1.54) is 7.11 Å². The van der Waals surface area contributed by atoms with Crippen LogP contribution in [0.15, 0.2) is 42.7 Å². The van der Waals surface area contributed by atoms with Crippen LogP contribution in [0, 0.1) is 5.92 Å². The van der Waals surface area contributed by atoms with Crippen LogP contribution in [-0.4, -0.2) is 86.3 Å². The zero-order chi connectivity index (χ0) is 25.4. The first-order valence-corrected chi connectivity index (χ1v) is 11.8. The highest BCUT2D eigenvalue weighted by molar-refractivity contribution is 5.98. The van der Waals surface area contributed by atoms with Crippen molar-refractivity contribution in [1.82, 2.24) is 14.8 Å². The molecule has 0 saturated carbocycles. The van der Waals surface area contributed by atoms with Crippen LogP contribution < -0.4 is 10.1 Å². The number of hydrogen-bond acceptors (Lipinski definition) is 7. The summed E-state index contributed by atoms with van der Waals surface area (Å²) in [7, 11) is 4.91. The predicted molar refractivity (Wildman–Crippen MR) is 133 cm³/mol. The fraction of sp³-hybridized carbons (Fsp3) is 0.500. The Balaban J connectivity index is 1.92. The van der Waals surface area contributed by atoms with Gasteiger partial charge in [0, 0.05) is 71.1 Å². The van der Waals surface area contributed by atoms with Crippen LogP contribution in [0.2, 0.25) is 0 Å². The molecule has 9 heteroatoms. The summed E-state index contributed by atoms with van der Waals surface area (Å²) in [6, 6.07) is 9.11. The molecule has 0 unspecified atom stereocenters. The molecule has 0 radical (unpaired) electrons. The Labute approximate surface area is 207 Å². The van der Waals surface area contributed by atoms with E-state index in [0.717, 1.165) is 12.1 Å². The zero-order valence-corrected chi connectivity index (χ0v) is 21.2. The van der Waals surface area contributed by atoms with E-state index in [1.54, 1.807) is 43.5 Å². The van der Waals surface area contributed by atoms with Crippen molar-refractivity contribution in [2.24, 2.45) is 5.92 Å². The minimum Gasteiger partial charge on any atom is -0.491 e. The first kappa shape index (κ1) is 26.6. The van der Waals surface area contributed by atoms with Gasteiger partial charge in [-0.15, -0.1) is 0 Å². The van der Waals surface area contributed by atoms with Crippen molar-refractivity contribution in [3.63, 3.8) is 0 Å². The Morgan fingerprint density at radius 1 is 1.23 bits per heavy atom. The number of aromatic nitrogens is 1. The molecule has 1 aliphatic rings. The van der Waals surface area contributed by atoms with Crippen LogP contribution in [0.3, 0.4) is 0 Å². The number of pyridine rings is 1. The van der Waals surface area contributed by atoms with Gasteiger partial charge in [0.25, 0.3) is 5.91 Å². The Hall–Kier alpha value is -3.01. The molecule has 0 fully saturated rings. The van der Waals surface area contributed by atoms with Gasteiger partial charge in [-0.3, -0.25) is 19.5 Å². The third kappa shape index (κ3) is 7.24. The molecule has 35 heavy (non-hydrogen) atoms. The number of rotatable bonds is 6. The van der Waals surface area contributed by atoms with Gasteiger partial charge in [-0.1, -0.05) is 13.0 Å². The normalized spacial score (nSPS) is 21.9. The van der Waals surface area contributed by atoms with E-state index < -0.39 is 0 Å². The average molecular weight is 485 g/mol. The SMILES string of the molecule is COCC(=O)Nc1ccc2c(c1)OC[C@H](C)N(Cc1cccnc1)C[C@H](C)[C@@H](OC)CN(C)C2=O. The summed E-state index contributed by atoms with van der Waals surface area (Å²) in [4.78, 5) is 33.6. The van der Waals surface area contributed by atoms with E-state index in [1.807, 2.05) is 12.3 Å². The third-order valence-electron chi connectivity index (χ3n) is 6.24. The third-order valence-corrected chi connectivity index (χ3v) is 6.24. The molecule has 0 bridgehead atoms. The maximum absolute atomic E-state index is 13.3. The summed E-state index contributed by atoms with van der Waals surface area (Å²) >= 11 is 0. The van der Waals surface area contributed by atoms with E-state index >= 15 is 0 Å². The smallest absolute Gasteiger partial charge is 0.257 e. The number of anilines is 1. The molecule has 1 N–H and O–H groups in total. The summed E-state index contributed by atoms with van der Waals surface area (Å²) in [6.07, 6.45) is 3.51. The van der Waals surface area contributed by atoms with Gasteiger partial charge in [0.2, 0.25) is 5.91 Å². The second-order valence-electron chi connectivity index (χ2n) is 9.08. The molecular weight excluding hydrogens is 448 g/mol. The van der Waals surface area contributed by atoms with E-state index in [-0.39, 0.29) is 36.5 Å². The number of hydrogen-bond donors (Lipinski definition) is 1. The molecule has 0 aliphatic carbocycles. The Bertz CT molecular complexity index is 987. The minimum absolute atomic E-state index is 0.0435. The van der Waals surface area contributed by atoms with Crippen LogP contribution in [0.5, 0.6) is 5.75 Å². The average Bonchev–Trinajstić information content (AvgIpc) is 2.85. The number of amides is 2. The lowest BCUT2D eigenvalue weighted by Gasteiger charge is -2.36. The molecule has 0 spiro atoms. The minimum atomic E-state index is -0.281. The van der Waals surface area contributed by atoms with Gasteiger partial charge in [0.1, 0.15) is 19.0 Å². The fourth-order valence-corrected chi connectivity index (χ4v) is 4.20. The molecule has 2 heterocycles. The predicted octanol–water partition coefficient (Wildman–Crippen LogP) is 2.67. The van der Waals surface area contributed by atoms with E-state index in [9.17, 15) is 9.59 Å². The van der Waals surface area contributed by atoms with E-state index in [4.69, 9.17) is 14.2 Å². The fourth-order valence-electron chi connectivity index (χ4n) is 4.20. The van der Waals surface area contributed by atoms with Gasteiger partial charge in [0.05, 0.1) is 11.7 Å². The number of carbonyl (C=O) groups excluding carboxylic acids is 2. The monoisotopic (exact) mass is 484 g/mol. The lowest BCUT2D eigenvalue weighted by molar-refractivity contribution is -0.119. The second kappa shape index (κ2) is 12.6. The molecule has 9 nitrogen and oxygen atoms in total. The summed E-state index contributed by atoms with van der Waals surface area (Å²) in [6.45, 7) is 6.48. The maximum atomic E-state index is 13.3. The molecule has 2 amide bonds. The molecule has 2 aromatic rings. The van der Waals surface area contributed by atoms with Crippen LogP contribution in [-0.2, 0) is 20.8 Å². The maximum Gasteiger partial charge on any atom is 0.257 e. The zero-order valence-electron chi connectivity index (χ0n) is 21.2. The topological polar surface area (TPSA) is 93.2 Å². The molecule has 1 aliphatic heterocycles. The molecule has 1 aromatic carbocycles. The molecular formula is C26H36N4O5. The van der Waals surface area contributed by atoms with Crippen LogP contribution in [0.1, 0.15) is 29.8 Å². The first-order valence-electron chi connectivity index (χ1n) is 11.8. The van der Waals surface area contributed by atoms with Crippen molar-refractivity contribution in [3.8, 4) is 5.75 Å². The van der Waals surface area contributed by atoms with Crippen molar-refractivity contribution in [1.29, 1.82) is 0 Å². The van der Waals surface area contributed by atoms with E-state index in [0.29, 0.717) is 36.7 Å². The Morgan fingerprint density at radius 3 is 2.71 bits per heavy atom. The lowest BCUT2D eigenvalue weighted by atomic mass is 10.0. The van der Waals surface area contributed by atoms with Gasteiger partial charge in [-0.25, -0.2) is 0 Å². The van der Waals surface area contributed by atoms with Crippen molar-refractivity contribution in [2.45, 2.75) is 32.5 Å². The van der Waals surface area contributed by atoms with Crippen molar-refractivity contribution < 1.29 is 23.8 Å². The summed E-state index contributed by atoms with van der Waals surface area (Å²) in [5.41, 5.74) is 2.09. The number of benzene rings is 1. The highest BCUT2D eigenvalue weighted by Crippen LogP contribution is 2.27. The highest BCUT2D eigenvalue weighted by Gasteiger charge is 2.28. The van der Waals surface area contributed by atoms with Gasteiger partial charge in [0.15, 0.2) is 0 Å². The molecule has 3 rings (SSSR count). The Morgan fingerprint density at radius 2 is 2.03 bits per heavy atom. The molecule has 0 saturated heterocycles. The first-order chi connectivity index (χ1) is 16.8. The van der Waals surface area contributed by atoms with Crippen LogP contribution in [0.4, 0.5) is 5.69 Å². The quantitative estimate of drug-likeness (QED) is 0.674. The highest BCUT2D eigenvalue weighted by atomic mass is 16.5. The van der Waals surface area contributed by atoms with Crippen LogP contribution >= 0.6 is 0 Å². The standard InChI is InChI=1S/C26H36N4O5/c1-18-13-30(14-20-7-6-10-27-12-20)19(2)16-35-23-11-21(28-25(31)17-33-4)8-9-22(23)26(32)29(3)15-24(18)34-5/h6-12,18-19,24H,13-17H2,1-5H3,(H,28,31)/t18-,19-,24-/m0/s1. The van der Waals surface area contributed by atoms with Gasteiger partial charge in [-0.2, -0.15) is 0 Å².